The topological polar surface area (TPSA) is 17.1 Å². The SMILES string of the molecule is CC=C(C)CC1=C(CC=O)CCC1. The largest absolute Gasteiger partial charge is 0.303 e. The van der Waals surface area contributed by atoms with Crippen molar-refractivity contribution in [2.24, 2.45) is 0 Å². The lowest BCUT2D eigenvalue weighted by molar-refractivity contribution is -0.107. The molecular formula is C12H18O. The summed E-state index contributed by atoms with van der Waals surface area (Å²) in [5.74, 6) is 0. The van der Waals surface area contributed by atoms with E-state index in [4.69, 9.17) is 0 Å². The lowest BCUT2D eigenvalue weighted by Crippen LogP contribution is -1.87. The van der Waals surface area contributed by atoms with Gasteiger partial charge in [-0.05, 0) is 39.5 Å². The van der Waals surface area contributed by atoms with Gasteiger partial charge in [-0.1, -0.05) is 22.8 Å². The summed E-state index contributed by atoms with van der Waals surface area (Å²) >= 11 is 0. The Labute approximate surface area is 80.5 Å². The maximum atomic E-state index is 10.4. The van der Waals surface area contributed by atoms with Crippen molar-refractivity contribution in [2.75, 3.05) is 0 Å². The van der Waals surface area contributed by atoms with Gasteiger partial charge in [-0.2, -0.15) is 0 Å². The molecule has 13 heavy (non-hydrogen) atoms. The fraction of sp³-hybridized carbons (Fsp3) is 0.583. The second kappa shape index (κ2) is 5.00. The predicted octanol–water partition coefficient (Wildman–Crippen LogP) is 3.41. The van der Waals surface area contributed by atoms with Crippen molar-refractivity contribution >= 4 is 6.29 Å². The van der Waals surface area contributed by atoms with E-state index in [1.165, 1.54) is 29.6 Å². The number of hydrogen-bond acceptors (Lipinski definition) is 1. The first kappa shape index (κ1) is 10.2. The van der Waals surface area contributed by atoms with Gasteiger partial charge in [0.1, 0.15) is 6.29 Å². The van der Waals surface area contributed by atoms with Gasteiger partial charge in [-0.25, -0.2) is 0 Å². The fourth-order valence-electron chi connectivity index (χ4n) is 1.87. The summed E-state index contributed by atoms with van der Waals surface area (Å²) in [5.41, 5.74) is 4.33. The van der Waals surface area contributed by atoms with E-state index in [0.717, 1.165) is 19.1 Å². The first-order valence-electron chi connectivity index (χ1n) is 5.03. The molecule has 0 aliphatic heterocycles. The molecule has 0 saturated carbocycles. The lowest BCUT2D eigenvalue weighted by atomic mass is 10.0. The summed E-state index contributed by atoms with van der Waals surface area (Å²) in [4.78, 5) is 10.4. The summed E-state index contributed by atoms with van der Waals surface area (Å²) in [5, 5.41) is 0. The van der Waals surface area contributed by atoms with Gasteiger partial charge < -0.3 is 4.79 Å². The van der Waals surface area contributed by atoms with Crippen LogP contribution in [0.3, 0.4) is 0 Å². The third kappa shape index (κ3) is 2.83. The molecule has 0 N–H and O–H groups in total. The van der Waals surface area contributed by atoms with Crippen molar-refractivity contribution in [3.05, 3.63) is 22.8 Å². The zero-order valence-corrected chi connectivity index (χ0v) is 8.60. The van der Waals surface area contributed by atoms with Gasteiger partial charge in [0.25, 0.3) is 0 Å². The van der Waals surface area contributed by atoms with E-state index in [-0.39, 0.29) is 0 Å². The number of hydrogen-bond donors (Lipinski definition) is 0. The molecule has 0 radical (unpaired) electrons. The highest BCUT2D eigenvalue weighted by atomic mass is 16.1. The first-order valence-corrected chi connectivity index (χ1v) is 5.03. The smallest absolute Gasteiger partial charge is 0.124 e. The van der Waals surface area contributed by atoms with E-state index in [0.29, 0.717) is 6.42 Å². The maximum Gasteiger partial charge on any atom is 0.124 e. The zero-order valence-electron chi connectivity index (χ0n) is 8.60. The van der Waals surface area contributed by atoms with Crippen LogP contribution in [0.1, 0.15) is 46.0 Å². The second-order valence-corrected chi connectivity index (χ2v) is 3.74. The highest BCUT2D eigenvalue weighted by Crippen LogP contribution is 2.31. The highest BCUT2D eigenvalue weighted by molar-refractivity contribution is 5.55. The molecule has 0 fully saturated rings. The molecule has 0 atom stereocenters. The summed E-state index contributed by atoms with van der Waals surface area (Å²) < 4.78 is 0. The first-order chi connectivity index (χ1) is 6.27. The third-order valence-electron chi connectivity index (χ3n) is 2.77. The molecule has 0 spiro atoms. The molecule has 1 aliphatic carbocycles. The summed E-state index contributed by atoms with van der Waals surface area (Å²) in [6, 6.07) is 0. The van der Waals surface area contributed by atoms with E-state index >= 15 is 0 Å². The predicted molar refractivity (Wildman–Crippen MR) is 55.6 cm³/mol. The lowest BCUT2D eigenvalue weighted by Gasteiger charge is -2.04. The summed E-state index contributed by atoms with van der Waals surface area (Å²) in [7, 11) is 0. The fourth-order valence-corrected chi connectivity index (χ4v) is 1.87. The van der Waals surface area contributed by atoms with E-state index in [2.05, 4.69) is 19.9 Å². The zero-order chi connectivity index (χ0) is 9.68. The monoisotopic (exact) mass is 178 g/mol. The molecule has 0 aromatic rings. The van der Waals surface area contributed by atoms with Gasteiger partial charge in [0, 0.05) is 6.42 Å². The van der Waals surface area contributed by atoms with Crippen LogP contribution in [0.2, 0.25) is 0 Å². The molecule has 1 nitrogen and oxygen atoms in total. The Morgan fingerprint density at radius 2 is 2.08 bits per heavy atom. The van der Waals surface area contributed by atoms with E-state index in [1.54, 1.807) is 0 Å². The Hall–Kier alpha value is -0.850. The van der Waals surface area contributed by atoms with E-state index < -0.39 is 0 Å². The Kier molecular flexibility index (Phi) is 3.94. The van der Waals surface area contributed by atoms with Crippen molar-refractivity contribution in [1.82, 2.24) is 0 Å². The average Bonchev–Trinajstić information content (AvgIpc) is 2.54. The summed E-state index contributed by atoms with van der Waals surface area (Å²) in [6.45, 7) is 4.23. The normalized spacial score (nSPS) is 18.2. The van der Waals surface area contributed by atoms with Gasteiger partial charge in [0.05, 0.1) is 0 Å². The molecule has 0 heterocycles. The van der Waals surface area contributed by atoms with E-state index in [1.807, 2.05) is 0 Å². The molecule has 72 valence electrons. The van der Waals surface area contributed by atoms with Crippen LogP contribution in [0.5, 0.6) is 0 Å². The van der Waals surface area contributed by atoms with Crippen LogP contribution in [0.25, 0.3) is 0 Å². The molecule has 0 unspecified atom stereocenters. The van der Waals surface area contributed by atoms with Crippen LogP contribution in [0, 0.1) is 0 Å². The maximum absolute atomic E-state index is 10.4. The van der Waals surface area contributed by atoms with Crippen molar-refractivity contribution in [1.29, 1.82) is 0 Å². The number of carbonyl (C=O) groups excluding carboxylic acids is 1. The van der Waals surface area contributed by atoms with Crippen LogP contribution in [-0.4, -0.2) is 6.29 Å². The highest BCUT2D eigenvalue weighted by Gasteiger charge is 2.13. The van der Waals surface area contributed by atoms with Crippen molar-refractivity contribution in [2.45, 2.75) is 46.0 Å². The number of rotatable bonds is 4. The van der Waals surface area contributed by atoms with Gasteiger partial charge in [0.2, 0.25) is 0 Å². The van der Waals surface area contributed by atoms with E-state index in [9.17, 15) is 4.79 Å². The molecule has 1 rings (SSSR count). The van der Waals surface area contributed by atoms with Gasteiger partial charge in [0.15, 0.2) is 0 Å². The molecule has 0 aromatic heterocycles. The Morgan fingerprint density at radius 3 is 2.69 bits per heavy atom. The summed E-state index contributed by atoms with van der Waals surface area (Å²) in [6.07, 6.45) is 8.52. The van der Waals surface area contributed by atoms with Crippen molar-refractivity contribution in [3.8, 4) is 0 Å². The number of allylic oxidation sites excluding steroid dienone is 4. The van der Waals surface area contributed by atoms with Gasteiger partial charge in [-0.3, -0.25) is 0 Å². The number of carbonyl (C=O) groups is 1. The Bertz CT molecular complexity index is 246. The molecule has 0 saturated heterocycles. The molecule has 0 aromatic carbocycles. The minimum Gasteiger partial charge on any atom is -0.303 e. The van der Waals surface area contributed by atoms with Gasteiger partial charge in [-0.15, -0.1) is 0 Å². The Morgan fingerprint density at radius 1 is 1.38 bits per heavy atom. The molecular weight excluding hydrogens is 160 g/mol. The second-order valence-electron chi connectivity index (χ2n) is 3.74. The van der Waals surface area contributed by atoms with Crippen LogP contribution in [0.15, 0.2) is 22.8 Å². The van der Waals surface area contributed by atoms with Crippen LogP contribution >= 0.6 is 0 Å². The van der Waals surface area contributed by atoms with Crippen LogP contribution in [0.4, 0.5) is 0 Å². The number of aldehydes is 1. The quantitative estimate of drug-likeness (QED) is 0.476. The molecule has 1 heteroatoms. The molecule has 1 aliphatic rings. The molecule has 0 bridgehead atoms. The van der Waals surface area contributed by atoms with Crippen LogP contribution in [-0.2, 0) is 4.79 Å². The Balaban J connectivity index is 2.64. The molecule has 0 amide bonds. The van der Waals surface area contributed by atoms with Gasteiger partial charge >= 0.3 is 0 Å². The minimum absolute atomic E-state index is 0.659. The average molecular weight is 178 g/mol. The minimum atomic E-state index is 0.659. The van der Waals surface area contributed by atoms with Crippen molar-refractivity contribution < 1.29 is 4.79 Å². The van der Waals surface area contributed by atoms with Crippen molar-refractivity contribution in [3.63, 3.8) is 0 Å². The third-order valence-corrected chi connectivity index (χ3v) is 2.77. The van der Waals surface area contributed by atoms with Crippen LogP contribution < -0.4 is 0 Å². The standard InChI is InChI=1S/C12H18O/c1-3-10(2)9-12-6-4-5-11(12)7-8-13/h3,8H,4-7,9H2,1-2H3.